The van der Waals surface area contributed by atoms with Gasteiger partial charge in [-0.1, -0.05) is 17.7 Å². The first-order valence-electron chi connectivity index (χ1n) is 10.4. The third kappa shape index (κ3) is 4.97. The zero-order valence-corrected chi connectivity index (χ0v) is 17.8. The maximum absolute atomic E-state index is 9.63. The smallest absolute Gasteiger partial charge is 0.134 e. The number of ether oxygens (including phenoxy) is 1. The molecule has 0 amide bonds. The molecule has 0 spiro atoms. The molecule has 6 heteroatoms. The number of benzene rings is 2. The summed E-state index contributed by atoms with van der Waals surface area (Å²) in [6.07, 6.45) is 2.50. The molecule has 156 valence electrons. The Bertz CT molecular complexity index is 806. The van der Waals surface area contributed by atoms with Crippen LogP contribution in [0.1, 0.15) is 18.4 Å². The molecule has 2 aliphatic heterocycles. The average molecular weight is 416 g/mol. The predicted molar refractivity (Wildman–Crippen MR) is 118 cm³/mol. The second kappa shape index (κ2) is 9.24. The van der Waals surface area contributed by atoms with E-state index in [1.807, 2.05) is 24.3 Å². The largest absolute Gasteiger partial charge is 0.506 e. The third-order valence-corrected chi connectivity index (χ3v) is 6.47. The van der Waals surface area contributed by atoms with Crippen LogP contribution in [0.4, 0.5) is 5.69 Å². The molecule has 0 unspecified atom stereocenters. The molecule has 0 saturated carbocycles. The molecule has 1 atom stereocenters. The normalized spacial score (nSPS) is 21.3. The van der Waals surface area contributed by atoms with Gasteiger partial charge in [-0.05, 0) is 61.3 Å². The lowest BCUT2D eigenvalue weighted by atomic mass is 10.0. The number of hydrogen-bond acceptors (Lipinski definition) is 5. The summed E-state index contributed by atoms with van der Waals surface area (Å²) in [6, 6.07) is 14.5. The number of piperazine rings is 1. The van der Waals surface area contributed by atoms with Crippen molar-refractivity contribution in [2.24, 2.45) is 0 Å². The van der Waals surface area contributed by atoms with E-state index in [4.69, 9.17) is 16.3 Å². The molecule has 0 aliphatic carbocycles. The number of piperidine rings is 1. The Hall–Kier alpha value is -1.95. The van der Waals surface area contributed by atoms with E-state index >= 15 is 0 Å². The molecular weight excluding hydrogens is 386 g/mol. The molecule has 2 fully saturated rings. The fraction of sp³-hybridized carbons (Fsp3) is 0.478. The molecule has 0 aromatic heterocycles. The van der Waals surface area contributed by atoms with E-state index in [-0.39, 0.29) is 5.75 Å². The molecule has 2 aromatic rings. The Morgan fingerprint density at radius 2 is 1.79 bits per heavy atom. The fourth-order valence-corrected chi connectivity index (χ4v) is 4.72. The van der Waals surface area contributed by atoms with Gasteiger partial charge in [0.1, 0.15) is 11.5 Å². The number of rotatable bonds is 5. The molecule has 2 saturated heterocycles. The van der Waals surface area contributed by atoms with Gasteiger partial charge in [-0.3, -0.25) is 9.80 Å². The van der Waals surface area contributed by atoms with Crippen molar-refractivity contribution in [1.82, 2.24) is 9.80 Å². The van der Waals surface area contributed by atoms with Crippen LogP contribution < -0.4 is 9.64 Å². The Kier molecular flexibility index (Phi) is 6.48. The highest BCUT2D eigenvalue weighted by Crippen LogP contribution is 2.26. The summed E-state index contributed by atoms with van der Waals surface area (Å²) in [4.78, 5) is 7.65. The minimum absolute atomic E-state index is 0.154. The summed E-state index contributed by atoms with van der Waals surface area (Å²) >= 11 is 6.07. The quantitative estimate of drug-likeness (QED) is 0.803. The Labute approximate surface area is 178 Å². The molecule has 1 N–H and O–H groups in total. The van der Waals surface area contributed by atoms with Gasteiger partial charge in [0, 0.05) is 51.0 Å². The van der Waals surface area contributed by atoms with E-state index < -0.39 is 0 Å². The SMILES string of the molecule is COc1ccc(N2CCN([C@@H]3CCCN(Cc4ccc(O)c(Cl)c4)C3)CC2)cc1. The van der Waals surface area contributed by atoms with Crippen molar-refractivity contribution < 1.29 is 9.84 Å². The molecular formula is C23H30ClN3O2. The third-order valence-electron chi connectivity index (χ3n) is 6.17. The van der Waals surface area contributed by atoms with Crippen LogP contribution in [0.15, 0.2) is 42.5 Å². The number of phenolic OH excluding ortho intramolecular Hbond substituents is 1. The van der Waals surface area contributed by atoms with Crippen LogP contribution in [0.5, 0.6) is 11.5 Å². The minimum atomic E-state index is 0.154. The van der Waals surface area contributed by atoms with Crippen molar-refractivity contribution >= 4 is 17.3 Å². The Balaban J connectivity index is 1.30. The standard InChI is InChI=1S/C23H30ClN3O2/c1-29-21-7-5-19(6-8-21)26-11-13-27(14-12-26)20-3-2-10-25(17-20)16-18-4-9-23(28)22(24)15-18/h4-9,15,20,28H,2-3,10-14,16-17H2,1H3/t20-/m1/s1. The second-order valence-corrected chi connectivity index (χ2v) is 8.45. The first-order chi connectivity index (χ1) is 14.1. The van der Waals surface area contributed by atoms with Crippen LogP contribution in [0.3, 0.4) is 0 Å². The van der Waals surface area contributed by atoms with Gasteiger partial charge < -0.3 is 14.7 Å². The summed E-state index contributed by atoms with van der Waals surface area (Å²) in [6.45, 7) is 7.46. The van der Waals surface area contributed by atoms with E-state index in [0.29, 0.717) is 11.1 Å². The summed E-state index contributed by atoms with van der Waals surface area (Å²) in [5, 5.41) is 10.1. The van der Waals surface area contributed by atoms with Crippen molar-refractivity contribution in [3.63, 3.8) is 0 Å². The van der Waals surface area contributed by atoms with Gasteiger partial charge in [-0.25, -0.2) is 0 Å². The predicted octanol–water partition coefficient (Wildman–Crippen LogP) is 3.84. The van der Waals surface area contributed by atoms with Crippen molar-refractivity contribution in [2.45, 2.75) is 25.4 Å². The highest BCUT2D eigenvalue weighted by Gasteiger charge is 2.28. The molecule has 4 rings (SSSR count). The minimum Gasteiger partial charge on any atom is -0.506 e. The fourth-order valence-electron chi connectivity index (χ4n) is 4.52. The van der Waals surface area contributed by atoms with E-state index in [9.17, 15) is 5.11 Å². The second-order valence-electron chi connectivity index (χ2n) is 8.04. The molecule has 2 aliphatic rings. The number of nitrogens with zero attached hydrogens (tertiary/aromatic N) is 3. The number of phenols is 1. The van der Waals surface area contributed by atoms with E-state index in [1.54, 1.807) is 13.2 Å². The molecule has 5 nitrogen and oxygen atoms in total. The monoisotopic (exact) mass is 415 g/mol. The van der Waals surface area contributed by atoms with Gasteiger partial charge in [0.25, 0.3) is 0 Å². The summed E-state index contributed by atoms with van der Waals surface area (Å²) in [7, 11) is 1.71. The van der Waals surface area contributed by atoms with Gasteiger partial charge in [-0.2, -0.15) is 0 Å². The molecule has 0 radical (unpaired) electrons. The summed E-state index contributed by atoms with van der Waals surface area (Å²) < 4.78 is 5.27. The lowest BCUT2D eigenvalue weighted by Crippen LogP contribution is -2.55. The van der Waals surface area contributed by atoms with Gasteiger partial charge in [0.05, 0.1) is 12.1 Å². The number of anilines is 1. The van der Waals surface area contributed by atoms with E-state index in [2.05, 4.69) is 26.8 Å². The van der Waals surface area contributed by atoms with Crippen molar-refractivity contribution in [3.8, 4) is 11.5 Å². The molecule has 2 aromatic carbocycles. The first-order valence-corrected chi connectivity index (χ1v) is 10.8. The molecule has 29 heavy (non-hydrogen) atoms. The molecule has 2 heterocycles. The Morgan fingerprint density at radius 3 is 2.48 bits per heavy atom. The first kappa shape index (κ1) is 20.3. The van der Waals surface area contributed by atoms with Crippen LogP contribution in [0, 0.1) is 0 Å². The van der Waals surface area contributed by atoms with Gasteiger partial charge in [0.15, 0.2) is 0 Å². The van der Waals surface area contributed by atoms with Crippen molar-refractivity contribution in [1.29, 1.82) is 0 Å². The van der Waals surface area contributed by atoms with Gasteiger partial charge >= 0.3 is 0 Å². The van der Waals surface area contributed by atoms with Crippen LogP contribution in [0.2, 0.25) is 5.02 Å². The lowest BCUT2D eigenvalue weighted by Gasteiger charge is -2.44. The van der Waals surface area contributed by atoms with Crippen LogP contribution >= 0.6 is 11.6 Å². The van der Waals surface area contributed by atoms with Gasteiger partial charge in [-0.15, -0.1) is 0 Å². The topological polar surface area (TPSA) is 39.2 Å². The number of methoxy groups -OCH3 is 1. The number of hydrogen-bond donors (Lipinski definition) is 1. The van der Waals surface area contributed by atoms with Gasteiger partial charge in [0.2, 0.25) is 0 Å². The van der Waals surface area contributed by atoms with Crippen LogP contribution in [-0.2, 0) is 6.54 Å². The van der Waals surface area contributed by atoms with E-state index in [0.717, 1.165) is 57.1 Å². The lowest BCUT2D eigenvalue weighted by molar-refractivity contribution is 0.0887. The van der Waals surface area contributed by atoms with Crippen molar-refractivity contribution in [3.05, 3.63) is 53.1 Å². The summed E-state index contributed by atoms with van der Waals surface area (Å²) in [5.74, 6) is 1.06. The Morgan fingerprint density at radius 1 is 1.03 bits per heavy atom. The van der Waals surface area contributed by atoms with Crippen LogP contribution in [-0.4, -0.2) is 67.3 Å². The highest BCUT2D eigenvalue weighted by atomic mass is 35.5. The number of aromatic hydroxyl groups is 1. The zero-order chi connectivity index (χ0) is 20.2. The van der Waals surface area contributed by atoms with Crippen LogP contribution in [0.25, 0.3) is 0 Å². The van der Waals surface area contributed by atoms with Crippen molar-refractivity contribution in [2.75, 3.05) is 51.3 Å². The summed E-state index contributed by atoms with van der Waals surface area (Å²) in [5.41, 5.74) is 2.44. The highest BCUT2D eigenvalue weighted by molar-refractivity contribution is 6.32. The van der Waals surface area contributed by atoms with E-state index in [1.165, 1.54) is 18.5 Å². The molecule has 0 bridgehead atoms. The number of halogens is 1. The average Bonchev–Trinajstić information content (AvgIpc) is 2.77. The maximum Gasteiger partial charge on any atom is 0.134 e. The maximum atomic E-state index is 9.63. The number of likely N-dealkylation sites (tertiary alicyclic amines) is 1. The zero-order valence-electron chi connectivity index (χ0n) is 17.1.